The van der Waals surface area contributed by atoms with Crippen molar-refractivity contribution in [3.8, 4) is 5.75 Å². The van der Waals surface area contributed by atoms with Crippen LogP contribution in [-0.4, -0.2) is 22.5 Å². The molecule has 0 aliphatic heterocycles. The number of hydrogen-bond donors (Lipinski definition) is 3. The molecule has 1 aromatic rings. The quantitative estimate of drug-likeness (QED) is 0.738. The van der Waals surface area contributed by atoms with Crippen molar-refractivity contribution in [3.63, 3.8) is 0 Å². The summed E-state index contributed by atoms with van der Waals surface area (Å²) in [6.07, 6.45) is -7.18. The fourth-order valence-electron chi connectivity index (χ4n) is 1.15. The Labute approximate surface area is 107 Å². The van der Waals surface area contributed by atoms with Crippen LogP contribution in [-0.2, 0) is 4.79 Å². The molecule has 5 nitrogen and oxygen atoms in total. The van der Waals surface area contributed by atoms with Crippen molar-refractivity contribution < 1.29 is 32.9 Å². The Balaban J connectivity index is 3.29. The molecule has 0 heterocycles. The second-order valence-corrected chi connectivity index (χ2v) is 4.05. The van der Waals surface area contributed by atoms with Crippen LogP contribution in [0.1, 0.15) is 11.7 Å². The van der Waals surface area contributed by atoms with Gasteiger partial charge >= 0.3 is 12.3 Å². The molecule has 100 valence electrons. The molecule has 0 bridgehead atoms. The molecule has 0 saturated heterocycles. The summed E-state index contributed by atoms with van der Waals surface area (Å²) in [4.78, 5) is 10.6. The number of ether oxygens (including phenoxy) is 1. The molecule has 18 heavy (non-hydrogen) atoms. The first-order valence-electron chi connectivity index (χ1n) is 4.37. The highest BCUT2D eigenvalue weighted by molar-refractivity contribution is 9.10. The van der Waals surface area contributed by atoms with Crippen LogP contribution in [0.4, 0.5) is 18.9 Å². The van der Waals surface area contributed by atoms with Crippen LogP contribution in [0.5, 0.6) is 5.75 Å². The van der Waals surface area contributed by atoms with Crippen molar-refractivity contribution in [2.45, 2.75) is 12.5 Å². The Morgan fingerprint density at radius 3 is 2.44 bits per heavy atom. The molecule has 0 aliphatic rings. The predicted molar refractivity (Wildman–Crippen MR) is 57.8 cm³/mol. The SMILES string of the molecule is Nc1cc(C(O)C(=O)O)c(OC(F)(F)F)cc1Br. The third-order valence-corrected chi connectivity index (χ3v) is 2.57. The molecule has 0 saturated carbocycles. The lowest BCUT2D eigenvalue weighted by Crippen LogP contribution is -2.20. The number of carboxylic acid groups (broad SMARTS) is 1. The molecular formula is C9H7BrF3NO4. The minimum absolute atomic E-state index is 0.0279. The van der Waals surface area contributed by atoms with E-state index in [1.54, 1.807) is 0 Å². The third-order valence-electron chi connectivity index (χ3n) is 1.88. The highest BCUT2D eigenvalue weighted by Gasteiger charge is 2.34. The normalized spacial score (nSPS) is 13.2. The molecule has 0 radical (unpaired) electrons. The number of nitrogen functional groups attached to an aromatic ring is 1. The van der Waals surface area contributed by atoms with Crippen LogP contribution in [0.3, 0.4) is 0 Å². The van der Waals surface area contributed by atoms with Crippen LogP contribution in [0.15, 0.2) is 16.6 Å². The zero-order valence-electron chi connectivity index (χ0n) is 8.53. The lowest BCUT2D eigenvalue weighted by atomic mass is 10.1. The van der Waals surface area contributed by atoms with Crippen molar-refractivity contribution in [1.82, 2.24) is 0 Å². The number of aliphatic hydroxyl groups excluding tert-OH is 1. The second-order valence-electron chi connectivity index (χ2n) is 3.20. The highest BCUT2D eigenvalue weighted by atomic mass is 79.9. The molecule has 0 spiro atoms. The van der Waals surface area contributed by atoms with E-state index in [9.17, 15) is 23.1 Å². The van der Waals surface area contributed by atoms with Gasteiger partial charge in [0.2, 0.25) is 0 Å². The van der Waals surface area contributed by atoms with E-state index in [1.165, 1.54) is 0 Å². The lowest BCUT2D eigenvalue weighted by molar-refractivity contribution is -0.275. The first-order chi connectivity index (χ1) is 8.11. The molecule has 4 N–H and O–H groups in total. The van der Waals surface area contributed by atoms with Crippen LogP contribution >= 0.6 is 15.9 Å². The number of aliphatic hydroxyl groups is 1. The highest BCUT2D eigenvalue weighted by Crippen LogP contribution is 2.36. The molecule has 0 aromatic heterocycles. The number of anilines is 1. The number of alkyl halides is 3. The topological polar surface area (TPSA) is 92.8 Å². The maximum atomic E-state index is 12.1. The van der Waals surface area contributed by atoms with Crippen molar-refractivity contribution in [2.24, 2.45) is 0 Å². The van der Waals surface area contributed by atoms with Crippen molar-refractivity contribution in [2.75, 3.05) is 5.73 Å². The van der Waals surface area contributed by atoms with E-state index in [4.69, 9.17) is 10.8 Å². The molecule has 1 atom stereocenters. The summed E-state index contributed by atoms with van der Waals surface area (Å²) < 4.78 is 40.1. The Kier molecular flexibility index (Phi) is 4.07. The number of aliphatic carboxylic acids is 1. The number of nitrogens with two attached hydrogens (primary N) is 1. The Hall–Kier alpha value is -1.48. The van der Waals surface area contributed by atoms with Crippen LogP contribution in [0.2, 0.25) is 0 Å². The number of hydrogen-bond acceptors (Lipinski definition) is 4. The van der Waals surface area contributed by atoms with E-state index in [0.29, 0.717) is 0 Å². The van der Waals surface area contributed by atoms with Gasteiger partial charge in [-0.3, -0.25) is 0 Å². The molecule has 0 amide bonds. The van der Waals surface area contributed by atoms with Gasteiger partial charge in [0.25, 0.3) is 0 Å². The molecule has 0 aliphatic carbocycles. The van der Waals surface area contributed by atoms with E-state index in [-0.39, 0.29) is 10.2 Å². The summed E-state index contributed by atoms with van der Waals surface area (Å²) in [5.41, 5.74) is 4.79. The Morgan fingerprint density at radius 1 is 1.44 bits per heavy atom. The van der Waals surface area contributed by atoms with Crippen LogP contribution in [0, 0.1) is 0 Å². The first kappa shape index (κ1) is 14.6. The summed E-state index contributed by atoms with van der Waals surface area (Å²) in [5.74, 6) is -2.55. The molecule has 1 aromatic carbocycles. The third kappa shape index (κ3) is 3.50. The van der Waals surface area contributed by atoms with Gasteiger partial charge in [-0.2, -0.15) is 0 Å². The number of carboxylic acids is 1. The fourth-order valence-corrected chi connectivity index (χ4v) is 1.47. The summed E-state index contributed by atoms with van der Waals surface area (Å²) in [7, 11) is 0. The lowest BCUT2D eigenvalue weighted by Gasteiger charge is -2.16. The van der Waals surface area contributed by atoms with E-state index in [2.05, 4.69) is 20.7 Å². The molecular weight excluding hydrogens is 323 g/mol. The monoisotopic (exact) mass is 329 g/mol. The molecule has 1 unspecified atom stereocenters. The van der Waals surface area contributed by atoms with Gasteiger partial charge in [0, 0.05) is 15.7 Å². The Bertz CT molecular complexity index is 478. The second kappa shape index (κ2) is 5.02. The van der Waals surface area contributed by atoms with Gasteiger partial charge in [0.15, 0.2) is 6.10 Å². The van der Waals surface area contributed by atoms with Gasteiger partial charge in [-0.25, -0.2) is 4.79 Å². The van der Waals surface area contributed by atoms with Crippen LogP contribution in [0.25, 0.3) is 0 Å². The smallest absolute Gasteiger partial charge is 0.479 e. The van der Waals surface area contributed by atoms with E-state index in [0.717, 1.165) is 12.1 Å². The largest absolute Gasteiger partial charge is 0.573 e. The number of carbonyl (C=O) groups is 1. The van der Waals surface area contributed by atoms with Crippen molar-refractivity contribution >= 4 is 27.6 Å². The summed E-state index contributed by atoms with van der Waals surface area (Å²) in [6, 6.07) is 1.73. The summed E-state index contributed by atoms with van der Waals surface area (Å²) in [6.45, 7) is 0. The van der Waals surface area contributed by atoms with Gasteiger partial charge in [-0.05, 0) is 28.1 Å². The van der Waals surface area contributed by atoms with Gasteiger partial charge in [-0.15, -0.1) is 13.2 Å². The fraction of sp³-hybridized carbons (Fsp3) is 0.222. The standard InChI is InChI=1S/C9H7BrF3NO4/c10-4-2-6(18-9(11,12)13)3(1-5(4)14)7(15)8(16)17/h1-2,7,15H,14H2,(H,16,17). The molecule has 1 rings (SSSR count). The number of halogens is 4. The molecule has 9 heteroatoms. The maximum absolute atomic E-state index is 12.1. The van der Waals surface area contributed by atoms with E-state index < -0.39 is 29.7 Å². The van der Waals surface area contributed by atoms with Crippen molar-refractivity contribution in [1.29, 1.82) is 0 Å². The zero-order valence-corrected chi connectivity index (χ0v) is 10.1. The maximum Gasteiger partial charge on any atom is 0.573 e. The summed E-state index contributed by atoms with van der Waals surface area (Å²) in [5, 5.41) is 17.9. The average molecular weight is 330 g/mol. The van der Waals surface area contributed by atoms with Crippen LogP contribution < -0.4 is 10.5 Å². The minimum atomic E-state index is -5.01. The molecule has 0 fully saturated rings. The minimum Gasteiger partial charge on any atom is -0.479 e. The van der Waals surface area contributed by atoms with E-state index in [1.807, 2.05) is 0 Å². The summed E-state index contributed by atoms with van der Waals surface area (Å²) >= 11 is 2.87. The van der Waals surface area contributed by atoms with Gasteiger partial charge in [-0.1, -0.05) is 0 Å². The zero-order chi connectivity index (χ0) is 14.1. The Morgan fingerprint density at radius 2 is 2.00 bits per heavy atom. The number of rotatable bonds is 3. The van der Waals surface area contributed by atoms with Gasteiger partial charge in [0.1, 0.15) is 5.75 Å². The first-order valence-corrected chi connectivity index (χ1v) is 5.16. The average Bonchev–Trinajstić information content (AvgIpc) is 2.19. The van der Waals surface area contributed by atoms with E-state index >= 15 is 0 Å². The van der Waals surface area contributed by atoms with Crippen molar-refractivity contribution in [3.05, 3.63) is 22.2 Å². The predicted octanol–water partition coefficient (Wildman–Crippen LogP) is 2.05. The number of benzene rings is 1. The van der Waals surface area contributed by atoms with Gasteiger partial charge in [0.05, 0.1) is 0 Å². The van der Waals surface area contributed by atoms with Gasteiger partial charge < -0.3 is 20.7 Å².